The number of amides is 1. The van der Waals surface area contributed by atoms with Gasteiger partial charge in [0.05, 0.1) is 18.2 Å². The van der Waals surface area contributed by atoms with Crippen LogP contribution in [0.25, 0.3) is 0 Å². The largest absolute Gasteiger partial charge is 0.392 e. The summed E-state index contributed by atoms with van der Waals surface area (Å²) in [5, 5.41) is 23.1. The first kappa shape index (κ1) is 17.4. The molecule has 2 N–H and O–H groups in total. The molecule has 1 aliphatic heterocycles. The Morgan fingerprint density at radius 3 is 2.96 bits per heavy atom. The SMILES string of the molecule is CC1CCN(CC(=O)Nc2sc3c(c2C#N)CCCCC3)CC1O. The predicted molar refractivity (Wildman–Crippen MR) is 95.2 cm³/mol. The van der Waals surface area contributed by atoms with E-state index in [1.807, 2.05) is 11.8 Å². The van der Waals surface area contributed by atoms with Gasteiger partial charge in [0.25, 0.3) is 0 Å². The average Bonchev–Trinajstić information content (AvgIpc) is 2.71. The number of anilines is 1. The first-order valence-corrected chi connectivity index (χ1v) is 9.65. The lowest BCUT2D eigenvalue weighted by Gasteiger charge is -2.33. The van der Waals surface area contributed by atoms with E-state index < -0.39 is 0 Å². The molecule has 1 aromatic heterocycles. The van der Waals surface area contributed by atoms with Crippen LogP contribution in [0.4, 0.5) is 5.00 Å². The molecule has 1 aromatic rings. The zero-order valence-corrected chi connectivity index (χ0v) is 15.0. The molecular formula is C18H25N3O2S. The van der Waals surface area contributed by atoms with Crippen LogP contribution in [-0.2, 0) is 17.6 Å². The lowest BCUT2D eigenvalue weighted by atomic mass is 9.96. The average molecular weight is 347 g/mol. The number of hydrogen-bond acceptors (Lipinski definition) is 5. The lowest BCUT2D eigenvalue weighted by Crippen LogP contribution is -2.45. The number of β-amino-alcohol motifs (C(OH)–C–C–N with tert-alkyl or cyclic N) is 1. The number of hydrogen-bond donors (Lipinski definition) is 2. The number of fused-ring (bicyclic) bond motifs is 1. The van der Waals surface area contributed by atoms with Gasteiger partial charge >= 0.3 is 0 Å². The van der Waals surface area contributed by atoms with Crippen molar-refractivity contribution in [2.24, 2.45) is 5.92 Å². The minimum Gasteiger partial charge on any atom is -0.392 e. The molecule has 2 aliphatic rings. The van der Waals surface area contributed by atoms with Gasteiger partial charge in [0, 0.05) is 11.4 Å². The van der Waals surface area contributed by atoms with Gasteiger partial charge in [-0.3, -0.25) is 9.69 Å². The van der Waals surface area contributed by atoms with Crippen LogP contribution in [0.1, 0.15) is 48.6 Å². The molecule has 3 rings (SSSR count). The first-order valence-electron chi connectivity index (χ1n) is 8.83. The fourth-order valence-corrected chi connectivity index (χ4v) is 4.83. The van der Waals surface area contributed by atoms with Crippen LogP contribution in [0.3, 0.4) is 0 Å². The molecule has 130 valence electrons. The maximum absolute atomic E-state index is 12.4. The number of rotatable bonds is 3. The van der Waals surface area contributed by atoms with Gasteiger partial charge in [-0.25, -0.2) is 0 Å². The van der Waals surface area contributed by atoms with E-state index in [9.17, 15) is 15.2 Å². The molecular weight excluding hydrogens is 322 g/mol. The summed E-state index contributed by atoms with van der Waals surface area (Å²) in [6, 6.07) is 2.30. The molecule has 1 amide bonds. The molecule has 1 fully saturated rings. The summed E-state index contributed by atoms with van der Waals surface area (Å²) in [6.07, 6.45) is 6.00. The van der Waals surface area contributed by atoms with Gasteiger partial charge in [0.2, 0.25) is 5.91 Å². The highest BCUT2D eigenvalue weighted by Crippen LogP contribution is 2.36. The van der Waals surface area contributed by atoms with E-state index in [2.05, 4.69) is 11.4 Å². The number of likely N-dealkylation sites (tertiary alicyclic amines) is 1. The first-order chi connectivity index (χ1) is 11.6. The van der Waals surface area contributed by atoms with Crippen LogP contribution in [0.2, 0.25) is 0 Å². The van der Waals surface area contributed by atoms with Crippen LogP contribution < -0.4 is 5.32 Å². The lowest BCUT2D eigenvalue weighted by molar-refractivity contribution is -0.118. The molecule has 24 heavy (non-hydrogen) atoms. The molecule has 0 aromatic carbocycles. The number of aryl methyl sites for hydroxylation is 1. The zero-order valence-electron chi connectivity index (χ0n) is 14.2. The topological polar surface area (TPSA) is 76.4 Å². The quantitative estimate of drug-likeness (QED) is 0.824. The second-order valence-electron chi connectivity index (χ2n) is 7.00. The van der Waals surface area contributed by atoms with Gasteiger partial charge in [-0.2, -0.15) is 5.26 Å². The maximum atomic E-state index is 12.4. The summed E-state index contributed by atoms with van der Waals surface area (Å²) in [5.74, 6) is 0.201. The highest BCUT2D eigenvalue weighted by molar-refractivity contribution is 7.16. The Hall–Kier alpha value is -1.42. The van der Waals surface area contributed by atoms with Crippen molar-refractivity contribution in [3.05, 3.63) is 16.0 Å². The van der Waals surface area contributed by atoms with Crippen molar-refractivity contribution in [1.82, 2.24) is 4.90 Å². The van der Waals surface area contributed by atoms with Crippen molar-refractivity contribution >= 4 is 22.2 Å². The Morgan fingerprint density at radius 2 is 2.21 bits per heavy atom. The van der Waals surface area contributed by atoms with E-state index >= 15 is 0 Å². The van der Waals surface area contributed by atoms with E-state index in [-0.39, 0.29) is 18.6 Å². The summed E-state index contributed by atoms with van der Waals surface area (Å²) in [4.78, 5) is 15.6. The Balaban J connectivity index is 1.65. The number of nitriles is 1. The van der Waals surface area contributed by atoms with E-state index in [0.29, 0.717) is 23.0 Å². The second-order valence-corrected chi connectivity index (χ2v) is 8.10. The molecule has 0 spiro atoms. The molecule has 2 atom stereocenters. The van der Waals surface area contributed by atoms with Gasteiger partial charge in [-0.05, 0) is 50.1 Å². The van der Waals surface area contributed by atoms with Crippen LogP contribution in [-0.4, -0.2) is 41.7 Å². The monoisotopic (exact) mass is 347 g/mol. The van der Waals surface area contributed by atoms with Gasteiger partial charge in [-0.1, -0.05) is 13.3 Å². The number of aliphatic hydroxyl groups excluding tert-OH is 1. The van der Waals surface area contributed by atoms with Crippen LogP contribution >= 0.6 is 11.3 Å². The number of aliphatic hydroxyl groups is 1. The predicted octanol–water partition coefficient (Wildman–Crippen LogP) is 2.53. The van der Waals surface area contributed by atoms with Crippen molar-refractivity contribution in [3.63, 3.8) is 0 Å². The Labute approximate surface area is 147 Å². The third-order valence-corrected chi connectivity index (χ3v) is 6.36. The van der Waals surface area contributed by atoms with Crippen molar-refractivity contribution in [3.8, 4) is 6.07 Å². The van der Waals surface area contributed by atoms with Crippen molar-refractivity contribution in [2.75, 3.05) is 25.0 Å². The maximum Gasteiger partial charge on any atom is 0.239 e. The summed E-state index contributed by atoms with van der Waals surface area (Å²) in [7, 11) is 0. The van der Waals surface area contributed by atoms with E-state index in [0.717, 1.165) is 44.2 Å². The number of nitrogens with one attached hydrogen (secondary N) is 1. The van der Waals surface area contributed by atoms with Crippen LogP contribution in [0.15, 0.2) is 0 Å². The molecule has 0 saturated carbocycles. The Morgan fingerprint density at radius 1 is 1.42 bits per heavy atom. The minimum absolute atomic E-state index is 0.0929. The normalized spacial score (nSPS) is 24.7. The van der Waals surface area contributed by atoms with Crippen molar-refractivity contribution in [1.29, 1.82) is 5.26 Å². The number of carbonyl (C=O) groups is 1. The van der Waals surface area contributed by atoms with Crippen molar-refractivity contribution in [2.45, 2.75) is 51.6 Å². The van der Waals surface area contributed by atoms with Crippen molar-refractivity contribution < 1.29 is 9.90 Å². The van der Waals surface area contributed by atoms with Gasteiger partial charge in [0.15, 0.2) is 0 Å². The summed E-state index contributed by atoms with van der Waals surface area (Å²) >= 11 is 1.57. The third kappa shape index (κ3) is 3.80. The van der Waals surface area contributed by atoms with E-state index in [4.69, 9.17) is 0 Å². The minimum atomic E-state index is -0.362. The molecule has 2 heterocycles. The molecule has 0 bridgehead atoms. The highest BCUT2D eigenvalue weighted by Gasteiger charge is 2.26. The highest BCUT2D eigenvalue weighted by atomic mass is 32.1. The molecule has 6 heteroatoms. The number of piperidine rings is 1. The standard InChI is InChI=1S/C18H25N3O2S/c1-12-7-8-21(10-15(12)22)11-17(23)20-18-14(9-19)13-5-3-2-4-6-16(13)24-18/h12,15,22H,2-8,10-11H2,1H3,(H,20,23). The second kappa shape index (κ2) is 7.64. The third-order valence-electron chi connectivity index (χ3n) is 5.16. The summed E-state index contributed by atoms with van der Waals surface area (Å²) in [5.41, 5.74) is 1.81. The number of thiophene rings is 1. The Bertz CT molecular complexity index is 649. The number of carbonyl (C=O) groups excluding carboxylic acids is 1. The molecule has 1 saturated heterocycles. The Kier molecular flexibility index (Phi) is 5.54. The smallest absolute Gasteiger partial charge is 0.239 e. The van der Waals surface area contributed by atoms with Gasteiger partial charge in [-0.15, -0.1) is 11.3 Å². The summed E-state index contributed by atoms with van der Waals surface area (Å²) in [6.45, 7) is 3.69. The van der Waals surface area contributed by atoms with E-state index in [1.165, 1.54) is 11.3 Å². The molecule has 0 radical (unpaired) electrons. The van der Waals surface area contributed by atoms with Crippen LogP contribution in [0.5, 0.6) is 0 Å². The van der Waals surface area contributed by atoms with Crippen LogP contribution in [0, 0.1) is 17.2 Å². The van der Waals surface area contributed by atoms with Gasteiger partial charge in [0.1, 0.15) is 11.1 Å². The number of nitrogens with zero attached hydrogens (tertiary/aromatic N) is 2. The van der Waals surface area contributed by atoms with E-state index in [1.54, 1.807) is 11.3 Å². The summed E-state index contributed by atoms with van der Waals surface area (Å²) < 4.78 is 0. The zero-order chi connectivity index (χ0) is 17.1. The molecule has 5 nitrogen and oxygen atoms in total. The van der Waals surface area contributed by atoms with Gasteiger partial charge < -0.3 is 10.4 Å². The fourth-order valence-electron chi connectivity index (χ4n) is 3.58. The molecule has 2 unspecified atom stereocenters. The fraction of sp³-hybridized carbons (Fsp3) is 0.667. The molecule has 1 aliphatic carbocycles.